The van der Waals surface area contributed by atoms with Crippen LogP contribution >= 0.6 is 0 Å². The van der Waals surface area contributed by atoms with Crippen molar-refractivity contribution in [2.24, 2.45) is 0 Å². The van der Waals surface area contributed by atoms with Crippen molar-refractivity contribution in [3.8, 4) is 0 Å². The summed E-state index contributed by atoms with van der Waals surface area (Å²) < 4.78 is 31.1. The fraction of sp³-hybridized carbons (Fsp3) is 0.462. The van der Waals surface area contributed by atoms with E-state index in [4.69, 9.17) is 0 Å². The maximum atomic E-state index is 13.7. The van der Waals surface area contributed by atoms with Gasteiger partial charge in [-0.3, -0.25) is 5.32 Å². The Labute approximate surface area is 105 Å². The van der Waals surface area contributed by atoms with Crippen molar-refractivity contribution < 1.29 is 18.3 Å². The molecular weight excluding hydrogens is 240 g/mol. The van der Waals surface area contributed by atoms with Crippen molar-refractivity contribution >= 4 is 5.97 Å². The summed E-state index contributed by atoms with van der Waals surface area (Å²) in [5, 5.41) is 2.96. The van der Waals surface area contributed by atoms with Crippen LogP contribution < -0.4 is 5.32 Å². The first kappa shape index (κ1) is 14.6. The van der Waals surface area contributed by atoms with Crippen LogP contribution in [-0.4, -0.2) is 19.1 Å². The van der Waals surface area contributed by atoms with Gasteiger partial charge in [0.05, 0.1) is 7.11 Å². The Morgan fingerprint density at radius 3 is 2.61 bits per heavy atom. The lowest BCUT2D eigenvalue weighted by Gasteiger charge is -2.21. The fourth-order valence-electron chi connectivity index (χ4n) is 1.54. The van der Waals surface area contributed by atoms with E-state index in [0.717, 1.165) is 18.6 Å². The fourth-order valence-corrected chi connectivity index (χ4v) is 1.54. The summed E-state index contributed by atoms with van der Waals surface area (Å²) in [6.07, 6.45) is 0.774. The molecular formula is C13H17F2NO2. The van der Waals surface area contributed by atoms with Crippen LogP contribution in [0.5, 0.6) is 0 Å². The molecule has 0 saturated carbocycles. The Hall–Kier alpha value is -1.49. The first-order valence-electron chi connectivity index (χ1n) is 5.78. The average Bonchev–Trinajstić information content (AvgIpc) is 2.35. The number of methoxy groups -OCH3 is 1. The van der Waals surface area contributed by atoms with Crippen molar-refractivity contribution in [3.63, 3.8) is 0 Å². The largest absolute Gasteiger partial charge is 0.468 e. The highest BCUT2D eigenvalue weighted by atomic mass is 19.1. The van der Waals surface area contributed by atoms with Gasteiger partial charge in [0.2, 0.25) is 0 Å². The summed E-state index contributed by atoms with van der Waals surface area (Å²) in [5.74, 6) is -2.04. The van der Waals surface area contributed by atoms with Gasteiger partial charge >= 0.3 is 5.97 Å². The van der Waals surface area contributed by atoms with Gasteiger partial charge in [-0.25, -0.2) is 13.6 Å². The number of ether oxygens (including phenoxy) is 1. The Bertz CT molecular complexity index is 423. The number of carbonyl (C=O) groups excluding carboxylic acids is 1. The van der Waals surface area contributed by atoms with E-state index in [9.17, 15) is 13.6 Å². The zero-order valence-electron chi connectivity index (χ0n) is 10.7. The van der Waals surface area contributed by atoms with Crippen LogP contribution in [0.15, 0.2) is 18.2 Å². The number of hydrogen-bond acceptors (Lipinski definition) is 3. The summed E-state index contributed by atoms with van der Waals surface area (Å²) in [5.41, 5.74) is 0.0866. The normalized spacial score (nSPS) is 14.1. The molecule has 100 valence electrons. The number of carbonyl (C=O) groups is 1. The molecule has 0 aliphatic rings. The molecule has 2 atom stereocenters. The molecule has 0 bridgehead atoms. The third kappa shape index (κ3) is 3.50. The minimum Gasteiger partial charge on any atom is -0.468 e. The van der Waals surface area contributed by atoms with Gasteiger partial charge in [-0.1, -0.05) is 13.0 Å². The molecule has 0 heterocycles. The number of nitrogens with one attached hydrogen (secondary N) is 1. The van der Waals surface area contributed by atoms with Gasteiger partial charge in [0, 0.05) is 17.7 Å². The van der Waals surface area contributed by atoms with Crippen molar-refractivity contribution in [2.75, 3.05) is 7.11 Å². The van der Waals surface area contributed by atoms with Crippen LogP contribution in [0.1, 0.15) is 31.9 Å². The van der Waals surface area contributed by atoms with E-state index in [1.54, 1.807) is 0 Å². The highest BCUT2D eigenvalue weighted by molar-refractivity contribution is 5.77. The number of rotatable bonds is 5. The third-order valence-electron chi connectivity index (χ3n) is 2.77. The second-order valence-corrected chi connectivity index (χ2v) is 4.10. The van der Waals surface area contributed by atoms with Gasteiger partial charge in [0.15, 0.2) is 0 Å². The molecule has 1 N–H and O–H groups in total. The first-order chi connectivity index (χ1) is 8.49. The quantitative estimate of drug-likeness (QED) is 0.824. The zero-order valence-corrected chi connectivity index (χ0v) is 10.7. The molecule has 0 saturated heterocycles. The highest BCUT2D eigenvalue weighted by Gasteiger charge is 2.25. The van der Waals surface area contributed by atoms with Crippen LogP contribution in [-0.2, 0) is 9.53 Å². The van der Waals surface area contributed by atoms with Gasteiger partial charge in [-0.2, -0.15) is 0 Å². The third-order valence-corrected chi connectivity index (χ3v) is 2.77. The van der Waals surface area contributed by atoms with Crippen molar-refractivity contribution in [1.82, 2.24) is 5.32 Å². The van der Waals surface area contributed by atoms with Crippen LogP contribution in [0.25, 0.3) is 0 Å². The number of esters is 1. The van der Waals surface area contributed by atoms with Crippen molar-refractivity contribution in [1.29, 1.82) is 0 Å². The standard InChI is InChI=1S/C13H17F2NO2/c1-4-8(2)16-12(13(17)18-3)10-6-5-9(14)7-11(10)15/h5-8,12,16H,4H2,1-3H3. The van der Waals surface area contributed by atoms with Crippen LogP contribution in [0.3, 0.4) is 0 Å². The molecule has 1 rings (SSSR count). The second kappa shape index (κ2) is 6.44. The second-order valence-electron chi connectivity index (χ2n) is 4.10. The maximum Gasteiger partial charge on any atom is 0.327 e. The van der Waals surface area contributed by atoms with E-state index >= 15 is 0 Å². The number of hydrogen-bond donors (Lipinski definition) is 1. The summed E-state index contributed by atoms with van der Waals surface area (Å²) in [6, 6.07) is 2.21. The molecule has 0 radical (unpaired) electrons. The molecule has 5 heteroatoms. The molecule has 0 aromatic heterocycles. The summed E-state index contributed by atoms with van der Waals surface area (Å²) in [6.45, 7) is 3.81. The maximum absolute atomic E-state index is 13.7. The Morgan fingerprint density at radius 2 is 2.11 bits per heavy atom. The van der Waals surface area contributed by atoms with E-state index in [1.165, 1.54) is 13.2 Å². The monoisotopic (exact) mass is 257 g/mol. The molecule has 0 aliphatic carbocycles. The van der Waals surface area contributed by atoms with Crippen molar-refractivity contribution in [2.45, 2.75) is 32.4 Å². The summed E-state index contributed by atoms with van der Waals surface area (Å²) >= 11 is 0. The van der Waals surface area contributed by atoms with Crippen molar-refractivity contribution in [3.05, 3.63) is 35.4 Å². The number of halogens is 2. The van der Waals surface area contributed by atoms with E-state index in [1.807, 2.05) is 13.8 Å². The molecule has 0 aliphatic heterocycles. The smallest absolute Gasteiger partial charge is 0.327 e. The van der Waals surface area contributed by atoms with E-state index in [2.05, 4.69) is 10.1 Å². The molecule has 18 heavy (non-hydrogen) atoms. The van der Waals surface area contributed by atoms with E-state index in [0.29, 0.717) is 0 Å². The molecule has 0 fully saturated rings. The minimum absolute atomic E-state index is 0.0125. The molecule has 3 nitrogen and oxygen atoms in total. The van der Waals surface area contributed by atoms with E-state index in [-0.39, 0.29) is 11.6 Å². The Kier molecular flexibility index (Phi) is 5.22. The zero-order chi connectivity index (χ0) is 13.7. The average molecular weight is 257 g/mol. The highest BCUT2D eigenvalue weighted by Crippen LogP contribution is 2.20. The lowest BCUT2D eigenvalue weighted by Crippen LogP contribution is -2.36. The van der Waals surface area contributed by atoms with Gasteiger partial charge in [-0.05, 0) is 19.4 Å². The summed E-state index contributed by atoms with van der Waals surface area (Å²) in [7, 11) is 1.23. The Morgan fingerprint density at radius 1 is 1.44 bits per heavy atom. The van der Waals surface area contributed by atoms with Crippen LogP contribution in [0, 0.1) is 11.6 Å². The summed E-state index contributed by atoms with van der Waals surface area (Å²) in [4.78, 5) is 11.7. The lowest BCUT2D eigenvalue weighted by atomic mass is 10.0. The SMILES string of the molecule is CCC(C)NC(C(=O)OC)c1ccc(F)cc1F. The predicted octanol–water partition coefficient (Wildman–Crippen LogP) is 2.57. The molecule has 2 unspecified atom stereocenters. The first-order valence-corrected chi connectivity index (χ1v) is 5.78. The minimum atomic E-state index is -0.925. The van der Waals surface area contributed by atoms with E-state index < -0.39 is 23.6 Å². The van der Waals surface area contributed by atoms with Gasteiger partial charge in [0.25, 0.3) is 0 Å². The molecule has 0 spiro atoms. The van der Waals surface area contributed by atoms with Crippen LogP contribution in [0.2, 0.25) is 0 Å². The predicted molar refractivity (Wildman–Crippen MR) is 64.0 cm³/mol. The molecule has 1 aromatic carbocycles. The topological polar surface area (TPSA) is 38.3 Å². The van der Waals surface area contributed by atoms with Gasteiger partial charge < -0.3 is 4.74 Å². The molecule has 0 amide bonds. The van der Waals surface area contributed by atoms with Gasteiger partial charge in [-0.15, -0.1) is 0 Å². The van der Waals surface area contributed by atoms with Gasteiger partial charge in [0.1, 0.15) is 17.7 Å². The van der Waals surface area contributed by atoms with Crippen LogP contribution in [0.4, 0.5) is 8.78 Å². The molecule has 1 aromatic rings. The number of benzene rings is 1. The Balaban J connectivity index is 3.05. The lowest BCUT2D eigenvalue weighted by molar-refractivity contribution is -0.143.